The summed E-state index contributed by atoms with van der Waals surface area (Å²) in [5.74, 6) is 0. The Labute approximate surface area is 192 Å². The minimum Gasteiger partial charge on any atom is -0.397 e. The van der Waals surface area contributed by atoms with Crippen LogP contribution in [0.3, 0.4) is 0 Å². The molecule has 1 aliphatic heterocycles. The first kappa shape index (κ1) is 23.0. The standard InChI is InChI=1S/C25H28F3N5/c26-25(27,28)20-4-3-5-21(18-20)33-16-14-32(15-17-33)13-2-1-6-23-24(29)22(9-12-31-23)19-7-10-30-11-8-19/h3-5,7-12,18H,1-2,6,13-17,29H2. The smallest absolute Gasteiger partial charge is 0.397 e. The number of hydrogen-bond donors (Lipinski definition) is 1. The first-order valence-corrected chi connectivity index (χ1v) is 11.2. The van der Waals surface area contributed by atoms with Crippen LogP contribution in [0.1, 0.15) is 24.1 Å². The highest BCUT2D eigenvalue weighted by molar-refractivity contribution is 5.77. The van der Waals surface area contributed by atoms with E-state index in [0.717, 1.165) is 80.6 Å². The third kappa shape index (κ3) is 5.82. The number of hydrogen-bond acceptors (Lipinski definition) is 5. The van der Waals surface area contributed by atoms with E-state index >= 15 is 0 Å². The van der Waals surface area contributed by atoms with Gasteiger partial charge in [0, 0.05) is 56.0 Å². The van der Waals surface area contributed by atoms with Crippen LogP contribution < -0.4 is 10.6 Å². The zero-order valence-corrected chi connectivity index (χ0v) is 18.4. The van der Waals surface area contributed by atoms with E-state index in [-0.39, 0.29) is 0 Å². The highest BCUT2D eigenvalue weighted by Crippen LogP contribution is 2.32. The monoisotopic (exact) mass is 455 g/mol. The Hall–Kier alpha value is -3.13. The number of pyridine rings is 2. The lowest BCUT2D eigenvalue weighted by Crippen LogP contribution is -2.46. The van der Waals surface area contributed by atoms with E-state index < -0.39 is 11.7 Å². The van der Waals surface area contributed by atoms with Gasteiger partial charge < -0.3 is 10.6 Å². The molecule has 0 unspecified atom stereocenters. The number of nitrogens with two attached hydrogens (primary N) is 1. The molecule has 1 aliphatic rings. The van der Waals surface area contributed by atoms with Crippen molar-refractivity contribution >= 4 is 11.4 Å². The molecular weight excluding hydrogens is 427 g/mol. The number of nitrogen functional groups attached to an aromatic ring is 1. The van der Waals surface area contributed by atoms with Crippen molar-refractivity contribution in [2.24, 2.45) is 0 Å². The summed E-state index contributed by atoms with van der Waals surface area (Å²) in [6.45, 7) is 4.09. The fourth-order valence-electron chi connectivity index (χ4n) is 4.24. The Balaban J connectivity index is 1.24. The molecule has 1 aromatic carbocycles. The van der Waals surface area contributed by atoms with Crippen molar-refractivity contribution in [2.75, 3.05) is 43.4 Å². The molecule has 4 rings (SSSR count). The maximum atomic E-state index is 13.0. The van der Waals surface area contributed by atoms with Crippen LogP contribution in [0, 0.1) is 0 Å². The summed E-state index contributed by atoms with van der Waals surface area (Å²) in [5, 5.41) is 0. The van der Waals surface area contributed by atoms with Gasteiger partial charge >= 0.3 is 6.18 Å². The van der Waals surface area contributed by atoms with E-state index in [1.54, 1.807) is 24.7 Å². The molecule has 1 fully saturated rings. The lowest BCUT2D eigenvalue weighted by molar-refractivity contribution is -0.137. The van der Waals surface area contributed by atoms with Gasteiger partial charge in [-0.05, 0) is 67.8 Å². The number of unbranched alkanes of at least 4 members (excludes halogenated alkanes) is 1. The van der Waals surface area contributed by atoms with E-state index in [9.17, 15) is 13.2 Å². The Morgan fingerprint density at radius 2 is 1.67 bits per heavy atom. The van der Waals surface area contributed by atoms with Gasteiger partial charge in [-0.2, -0.15) is 13.2 Å². The Morgan fingerprint density at radius 1 is 0.909 bits per heavy atom. The van der Waals surface area contributed by atoms with Gasteiger partial charge in [0.2, 0.25) is 0 Å². The average molecular weight is 456 g/mol. The molecule has 0 spiro atoms. The number of alkyl halides is 3. The van der Waals surface area contributed by atoms with Gasteiger partial charge in [0.05, 0.1) is 16.9 Å². The Kier molecular flexibility index (Phi) is 7.13. The number of piperazine rings is 1. The van der Waals surface area contributed by atoms with Crippen molar-refractivity contribution in [3.8, 4) is 11.1 Å². The van der Waals surface area contributed by atoms with Gasteiger partial charge in [-0.15, -0.1) is 0 Å². The van der Waals surface area contributed by atoms with Gasteiger partial charge in [0.1, 0.15) is 0 Å². The topological polar surface area (TPSA) is 58.3 Å². The molecule has 0 aliphatic carbocycles. The van der Waals surface area contributed by atoms with Gasteiger partial charge in [0.15, 0.2) is 0 Å². The van der Waals surface area contributed by atoms with Crippen LogP contribution in [0.15, 0.2) is 61.1 Å². The summed E-state index contributed by atoms with van der Waals surface area (Å²) >= 11 is 0. The summed E-state index contributed by atoms with van der Waals surface area (Å²) in [6.07, 6.45) is 3.80. The molecule has 0 saturated carbocycles. The van der Waals surface area contributed by atoms with Gasteiger partial charge in [-0.25, -0.2) is 0 Å². The third-order valence-electron chi connectivity index (χ3n) is 6.11. The summed E-state index contributed by atoms with van der Waals surface area (Å²) in [6, 6.07) is 11.4. The predicted octanol–water partition coefficient (Wildman–Crippen LogP) is 4.89. The van der Waals surface area contributed by atoms with E-state index in [1.165, 1.54) is 12.1 Å². The number of halogens is 3. The molecule has 1 saturated heterocycles. The van der Waals surface area contributed by atoms with Crippen molar-refractivity contribution < 1.29 is 13.2 Å². The van der Waals surface area contributed by atoms with Crippen LogP contribution in [-0.2, 0) is 12.6 Å². The maximum absolute atomic E-state index is 13.0. The van der Waals surface area contributed by atoms with E-state index in [4.69, 9.17) is 5.73 Å². The summed E-state index contributed by atoms with van der Waals surface area (Å²) < 4.78 is 39.0. The molecular formula is C25H28F3N5. The summed E-state index contributed by atoms with van der Waals surface area (Å²) in [7, 11) is 0. The highest BCUT2D eigenvalue weighted by atomic mass is 19.4. The zero-order chi connectivity index (χ0) is 23.3. The number of anilines is 2. The van der Waals surface area contributed by atoms with Crippen LogP contribution in [0.2, 0.25) is 0 Å². The third-order valence-corrected chi connectivity index (χ3v) is 6.11. The second-order valence-corrected chi connectivity index (χ2v) is 8.29. The second kappa shape index (κ2) is 10.2. The summed E-state index contributed by atoms with van der Waals surface area (Å²) in [4.78, 5) is 12.9. The van der Waals surface area contributed by atoms with Gasteiger partial charge in [-0.1, -0.05) is 6.07 Å². The molecule has 8 heteroatoms. The minimum absolute atomic E-state index is 0.594. The van der Waals surface area contributed by atoms with E-state index in [0.29, 0.717) is 5.69 Å². The second-order valence-electron chi connectivity index (χ2n) is 8.29. The molecule has 0 amide bonds. The number of nitrogens with zero attached hydrogens (tertiary/aromatic N) is 4. The fourth-order valence-corrected chi connectivity index (χ4v) is 4.24. The van der Waals surface area contributed by atoms with Crippen molar-refractivity contribution in [1.82, 2.24) is 14.9 Å². The molecule has 3 aromatic rings. The number of benzene rings is 1. The van der Waals surface area contributed by atoms with Crippen LogP contribution in [0.4, 0.5) is 24.5 Å². The predicted molar refractivity (Wildman–Crippen MR) is 125 cm³/mol. The molecule has 33 heavy (non-hydrogen) atoms. The maximum Gasteiger partial charge on any atom is 0.416 e. The van der Waals surface area contributed by atoms with Gasteiger partial charge in [0.25, 0.3) is 0 Å². The fraction of sp³-hybridized carbons (Fsp3) is 0.360. The van der Waals surface area contributed by atoms with Crippen molar-refractivity contribution in [2.45, 2.75) is 25.4 Å². The molecule has 174 valence electrons. The number of aromatic nitrogens is 2. The highest BCUT2D eigenvalue weighted by Gasteiger charge is 2.31. The largest absolute Gasteiger partial charge is 0.416 e. The minimum atomic E-state index is -4.31. The van der Waals surface area contributed by atoms with Crippen molar-refractivity contribution in [1.29, 1.82) is 0 Å². The Bertz CT molecular complexity index is 1050. The average Bonchev–Trinajstić information content (AvgIpc) is 2.83. The first-order valence-electron chi connectivity index (χ1n) is 11.2. The van der Waals surface area contributed by atoms with Gasteiger partial charge in [-0.3, -0.25) is 14.9 Å². The normalized spacial score (nSPS) is 15.1. The van der Waals surface area contributed by atoms with E-state index in [1.807, 2.05) is 23.1 Å². The van der Waals surface area contributed by atoms with Crippen LogP contribution in [0.5, 0.6) is 0 Å². The number of rotatable bonds is 7. The molecule has 0 atom stereocenters. The molecule has 2 N–H and O–H groups in total. The SMILES string of the molecule is Nc1c(-c2ccncc2)ccnc1CCCCN1CCN(c2cccc(C(F)(F)F)c2)CC1. The van der Waals surface area contributed by atoms with Crippen LogP contribution >= 0.6 is 0 Å². The molecule has 2 aromatic heterocycles. The lowest BCUT2D eigenvalue weighted by atomic mass is 10.0. The quantitative estimate of drug-likeness (QED) is 0.514. The van der Waals surface area contributed by atoms with E-state index in [2.05, 4.69) is 14.9 Å². The lowest BCUT2D eigenvalue weighted by Gasteiger charge is -2.36. The van der Waals surface area contributed by atoms with Crippen molar-refractivity contribution in [3.05, 3.63) is 72.3 Å². The zero-order valence-electron chi connectivity index (χ0n) is 18.4. The first-order chi connectivity index (χ1) is 15.9. The molecule has 5 nitrogen and oxygen atoms in total. The molecule has 0 radical (unpaired) electrons. The molecule has 0 bridgehead atoms. The van der Waals surface area contributed by atoms with Crippen LogP contribution in [0.25, 0.3) is 11.1 Å². The van der Waals surface area contributed by atoms with Crippen LogP contribution in [-0.4, -0.2) is 47.6 Å². The summed E-state index contributed by atoms with van der Waals surface area (Å²) in [5.41, 5.74) is 10.1. The number of aryl methyl sites for hydroxylation is 1. The van der Waals surface area contributed by atoms with Crippen molar-refractivity contribution in [3.63, 3.8) is 0 Å². The Morgan fingerprint density at radius 3 is 2.39 bits per heavy atom. The molecule has 3 heterocycles.